The fourth-order valence-electron chi connectivity index (χ4n) is 1.71. The van der Waals surface area contributed by atoms with Crippen molar-refractivity contribution in [2.75, 3.05) is 10.0 Å². The van der Waals surface area contributed by atoms with E-state index in [1.807, 2.05) is 0 Å². The smallest absolute Gasteiger partial charge is 0.337 e. The Morgan fingerprint density at radius 1 is 1.30 bits per heavy atom. The van der Waals surface area contributed by atoms with Crippen molar-refractivity contribution >= 4 is 33.3 Å². The van der Waals surface area contributed by atoms with Crippen molar-refractivity contribution in [2.24, 2.45) is 0 Å². The molecule has 1 fully saturated rings. The van der Waals surface area contributed by atoms with E-state index in [0.29, 0.717) is 18.5 Å². The summed E-state index contributed by atoms with van der Waals surface area (Å²) < 4.78 is 25.9. The van der Waals surface area contributed by atoms with Crippen LogP contribution < -0.4 is 10.0 Å². The number of carboxylic acids is 1. The Morgan fingerprint density at radius 3 is 2.45 bits per heavy atom. The molecule has 0 radical (unpaired) electrons. The van der Waals surface area contributed by atoms with Gasteiger partial charge in [0.15, 0.2) is 0 Å². The van der Waals surface area contributed by atoms with E-state index < -0.39 is 21.2 Å². The van der Waals surface area contributed by atoms with E-state index in [2.05, 4.69) is 10.0 Å². The van der Waals surface area contributed by atoms with E-state index in [9.17, 15) is 18.0 Å². The minimum atomic E-state index is -3.53. The van der Waals surface area contributed by atoms with E-state index in [4.69, 9.17) is 5.11 Å². The molecule has 1 aliphatic carbocycles. The monoisotopic (exact) mass is 298 g/mol. The zero-order valence-corrected chi connectivity index (χ0v) is 11.5. The number of nitrogens with one attached hydrogen (secondary N) is 2. The molecule has 2 rings (SSSR count). The number of hydrogen-bond donors (Lipinski definition) is 3. The molecule has 0 heterocycles. The largest absolute Gasteiger partial charge is 0.478 e. The summed E-state index contributed by atoms with van der Waals surface area (Å²) in [6.45, 7) is 1.30. The highest BCUT2D eigenvalue weighted by Crippen LogP contribution is 2.31. The zero-order chi connectivity index (χ0) is 14.9. The number of amides is 1. The predicted octanol–water partition coefficient (Wildman–Crippen LogP) is 1.25. The van der Waals surface area contributed by atoms with Gasteiger partial charge in [-0.25, -0.2) is 13.2 Å². The van der Waals surface area contributed by atoms with Crippen molar-refractivity contribution in [3.8, 4) is 0 Å². The maximum Gasteiger partial charge on any atom is 0.337 e. The zero-order valence-electron chi connectivity index (χ0n) is 10.7. The normalized spacial score (nSPS) is 14.7. The minimum absolute atomic E-state index is 0.00139. The molecular weight excluding hydrogens is 284 g/mol. The van der Waals surface area contributed by atoms with Gasteiger partial charge < -0.3 is 10.4 Å². The number of hydrogen-bond acceptors (Lipinski definition) is 4. The molecule has 108 valence electrons. The lowest BCUT2D eigenvalue weighted by Gasteiger charge is -2.11. The van der Waals surface area contributed by atoms with E-state index in [0.717, 1.165) is 0 Å². The van der Waals surface area contributed by atoms with Crippen LogP contribution in [0.2, 0.25) is 0 Å². The summed E-state index contributed by atoms with van der Waals surface area (Å²) in [4.78, 5) is 22.1. The van der Waals surface area contributed by atoms with Crippen LogP contribution in [-0.4, -0.2) is 30.7 Å². The topological polar surface area (TPSA) is 113 Å². The third kappa shape index (κ3) is 3.27. The minimum Gasteiger partial charge on any atom is -0.478 e. The second-order valence-corrected chi connectivity index (χ2v) is 6.55. The summed E-state index contributed by atoms with van der Waals surface area (Å²) in [6, 6.07) is 3.99. The number of rotatable bonds is 5. The highest BCUT2D eigenvalue weighted by molar-refractivity contribution is 7.93. The van der Waals surface area contributed by atoms with Crippen LogP contribution in [0.1, 0.15) is 30.1 Å². The van der Waals surface area contributed by atoms with E-state index in [1.54, 1.807) is 0 Å². The number of carboxylic acid groups (broad SMARTS) is 1. The lowest BCUT2D eigenvalue weighted by Crippen LogP contribution is -2.19. The number of aromatic carboxylic acids is 1. The number of benzene rings is 1. The Kier molecular flexibility index (Phi) is 3.67. The number of carbonyl (C=O) groups excluding carboxylic acids is 1. The van der Waals surface area contributed by atoms with Crippen LogP contribution in [0.15, 0.2) is 18.2 Å². The van der Waals surface area contributed by atoms with Gasteiger partial charge >= 0.3 is 5.97 Å². The maximum atomic E-state index is 11.8. The van der Waals surface area contributed by atoms with Gasteiger partial charge in [0.1, 0.15) is 0 Å². The molecule has 1 aromatic rings. The van der Waals surface area contributed by atoms with Gasteiger partial charge in [0, 0.05) is 12.6 Å². The van der Waals surface area contributed by atoms with Crippen LogP contribution in [0.5, 0.6) is 0 Å². The van der Waals surface area contributed by atoms with Crippen LogP contribution in [0, 0.1) is 0 Å². The molecule has 1 amide bonds. The van der Waals surface area contributed by atoms with E-state index in [-0.39, 0.29) is 17.2 Å². The molecule has 8 heteroatoms. The summed E-state index contributed by atoms with van der Waals surface area (Å²) in [7, 11) is -3.53. The first kappa shape index (κ1) is 14.3. The second kappa shape index (κ2) is 5.12. The average molecular weight is 298 g/mol. The maximum absolute atomic E-state index is 11.8. The summed E-state index contributed by atoms with van der Waals surface area (Å²) in [6.07, 6.45) is 1.17. The van der Waals surface area contributed by atoms with Gasteiger partial charge in [-0.05, 0) is 31.0 Å². The van der Waals surface area contributed by atoms with Crippen LogP contribution in [0.25, 0.3) is 0 Å². The van der Waals surface area contributed by atoms with Crippen molar-refractivity contribution in [1.29, 1.82) is 0 Å². The van der Waals surface area contributed by atoms with Gasteiger partial charge in [-0.1, -0.05) is 0 Å². The van der Waals surface area contributed by atoms with E-state index >= 15 is 0 Å². The summed E-state index contributed by atoms with van der Waals surface area (Å²) >= 11 is 0. The van der Waals surface area contributed by atoms with Crippen LogP contribution in [0.3, 0.4) is 0 Å². The third-order valence-corrected chi connectivity index (χ3v) is 4.64. The fourth-order valence-corrected chi connectivity index (χ4v) is 3.11. The Bertz CT molecular complexity index is 664. The molecule has 0 unspecified atom stereocenters. The third-order valence-electron chi connectivity index (χ3n) is 2.79. The van der Waals surface area contributed by atoms with Crippen molar-refractivity contribution in [1.82, 2.24) is 0 Å². The van der Waals surface area contributed by atoms with Gasteiger partial charge in [0.25, 0.3) is 0 Å². The summed E-state index contributed by atoms with van der Waals surface area (Å²) in [5, 5.41) is 11.1. The molecular formula is C12H14N2O5S. The first-order valence-electron chi connectivity index (χ1n) is 5.96. The quantitative estimate of drug-likeness (QED) is 0.757. The Balaban J connectivity index is 2.32. The molecule has 0 bridgehead atoms. The van der Waals surface area contributed by atoms with Crippen molar-refractivity contribution in [3.05, 3.63) is 23.8 Å². The van der Waals surface area contributed by atoms with Gasteiger partial charge in [0.2, 0.25) is 15.9 Å². The molecule has 0 atom stereocenters. The molecule has 0 spiro atoms. The van der Waals surface area contributed by atoms with Gasteiger partial charge in [-0.3, -0.25) is 9.52 Å². The number of sulfonamides is 1. The second-order valence-electron chi connectivity index (χ2n) is 4.59. The Labute approximate surface area is 116 Å². The van der Waals surface area contributed by atoms with Gasteiger partial charge in [0.05, 0.1) is 16.5 Å². The molecule has 3 N–H and O–H groups in total. The van der Waals surface area contributed by atoms with Crippen LogP contribution in [0.4, 0.5) is 11.4 Å². The predicted molar refractivity (Wildman–Crippen MR) is 73.3 cm³/mol. The van der Waals surface area contributed by atoms with Gasteiger partial charge in [-0.15, -0.1) is 0 Å². The molecule has 1 aromatic carbocycles. The molecule has 0 aliphatic heterocycles. The number of carbonyl (C=O) groups is 2. The molecule has 1 saturated carbocycles. The standard InChI is InChI=1S/C12H14N2O5S/c1-7(15)13-8-2-5-11(10(6-8)12(16)17)14-20(18,19)9-3-4-9/h2,5-6,9,14H,3-4H2,1H3,(H,13,15)(H,16,17). The van der Waals surface area contributed by atoms with Gasteiger partial charge in [-0.2, -0.15) is 0 Å². The highest BCUT2D eigenvalue weighted by atomic mass is 32.2. The van der Waals surface area contributed by atoms with Crippen molar-refractivity contribution < 1.29 is 23.1 Å². The average Bonchev–Trinajstić information content (AvgIpc) is 3.13. The SMILES string of the molecule is CC(=O)Nc1ccc(NS(=O)(=O)C2CC2)c(C(=O)O)c1. The molecule has 20 heavy (non-hydrogen) atoms. The molecule has 0 aromatic heterocycles. The van der Waals surface area contributed by atoms with Crippen molar-refractivity contribution in [3.63, 3.8) is 0 Å². The fraction of sp³-hybridized carbons (Fsp3) is 0.333. The molecule has 1 aliphatic rings. The van der Waals surface area contributed by atoms with E-state index in [1.165, 1.54) is 25.1 Å². The molecule has 7 nitrogen and oxygen atoms in total. The highest BCUT2D eigenvalue weighted by Gasteiger charge is 2.36. The lowest BCUT2D eigenvalue weighted by molar-refractivity contribution is -0.114. The first-order valence-corrected chi connectivity index (χ1v) is 7.51. The van der Waals surface area contributed by atoms with Crippen LogP contribution in [-0.2, 0) is 14.8 Å². The summed E-state index contributed by atoms with van der Waals surface area (Å²) in [5.41, 5.74) is 0.0863. The first-order chi connectivity index (χ1) is 9.29. The number of anilines is 2. The van der Waals surface area contributed by atoms with Crippen LogP contribution >= 0.6 is 0 Å². The summed E-state index contributed by atoms with van der Waals surface area (Å²) in [5.74, 6) is -1.61. The Morgan fingerprint density at radius 2 is 1.95 bits per heavy atom. The Hall–Kier alpha value is -2.09. The van der Waals surface area contributed by atoms with Crippen molar-refractivity contribution in [2.45, 2.75) is 25.0 Å². The molecule has 0 saturated heterocycles. The lowest BCUT2D eigenvalue weighted by atomic mass is 10.1.